The van der Waals surface area contributed by atoms with Gasteiger partial charge in [-0.25, -0.2) is 4.79 Å². The Hall–Kier alpha value is -1.56. The molecular formula is C15H28N2O4. The van der Waals surface area contributed by atoms with Gasteiger partial charge in [0.15, 0.2) is 5.76 Å². The molecule has 2 atom stereocenters. The summed E-state index contributed by atoms with van der Waals surface area (Å²) in [4.78, 5) is 15.5. The Balaban J connectivity index is 0.00000191. The van der Waals surface area contributed by atoms with Gasteiger partial charge in [0.1, 0.15) is 6.04 Å². The normalized spacial score (nSPS) is 21.9. The molecule has 0 aromatic heterocycles. The van der Waals surface area contributed by atoms with Gasteiger partial charge in [-0.1, -0.05) is 27.7 Å². The molecule has 0 aliphatic heterocycles. The smallest absolute Gasteiger partial charge is 0.328 e. The minimum atomic E-state index is -0.970. The summed E-state index contributed by atoms with van der Waals surface area (Å²) in [5.74, 6) is -0.669. The molecule has 0 radical (unpaired) electrons. The van der Waals surface area contributed by atoms with Crippen LogP contribution in [-0.2, 0) is 9.53 Å². The van der Waals surface area contributed by atoms with E-state index in [4.69, 9.17) is 10.5 Å². The quantitative estimate of drug-likeness (QED) is 0.717. The molecule has 0 aromatic rings. The Labute approximate surface area is 126 Å². The number of aliphatic hydroxyl groups excluding tert-OH is 1. The van der Waals surface area contributed by atoms with Crippen LogP contribution in [0.25, 0.3) is 0 Å². The van der Waals surface area contributed by atoms with Crippen molar-refractivity contribution in [3.63, 3.8) is 0 Å². The number of carboxylic acid groups (broad SMARTS) is 1. The second kappa shape index (κ2) is 9.39. The maximum absolute atomic E-state index is 11.2. The minimum Gasteiger partial charge on any atom is -0.493 e. The number of nitrogens with zero attached hydrogens (tertiary/aromatic N) is 1. The van der Waals surface area contributed by atoms with Gasteiger partial charge in [-0.05, 0) is 24.7 Å². The number of methoxy groups -OCH3 is 1. The molecule has 1 rings (SSSR count). The summed E-state index contributed by atoms with van der Waals surface area (Å²) in [6.45, 7) is 7.60. The van der Waals surface area contributed by atoms with E-state index in [0.29, 0.717) is 30.0 Å². The molecule has 0 fully saturated rings. The number of ether oxygens (including phenoxy) is 1. The van der Waals surface area contributed by atoms with Crippen LogP contribution in [0.2, 0.25) is 0 Å². The lowest BCUT2D eigenvalue weighted by atomic mass is 9.89. The van der Waals surface area contributed by atoms with Crippen LogP contribution in [0, 0.1) is 11.8 Å². The van der Waals surface area contributed by atoms with Gasteiger partial charge in [0.25, 0.3) is 0 Å². The molecule has 6 heteroatoms. The summed E-state index contributed by atoms with van der Waals surface area (Å²) in [7, 11) is 1.49. The zero-order valence-electron chi connectivity index (χ0n) is 13.6. The number of hydrogen-bond acceptors (Lipinski definition) is 5. The molecule has 0 saturated carbocycles. The molecule has 1 aliphatic rings. The molecule has 0 amide bonds. The van der Waals surface area contributed by atoms with Gasteiger partial charge in [-0.15, -0.1) is 0 Å². The first-order chi connectivity index (χ1) is 9.90. The van der Waals surface area contributed by atoms with Crippen LogP contribution >= 0.6 is 0 Å². The van der Waals surface area contributed by atoms with Crippen LogP contribution in [-0.4, -0.2) is 41.7 Å². The van der Waals surface area contributed by atoms with E-state index in [1.165, 1.54) is 7.11 Å². The predicted octanol–water partition coefficient (Wildman–Crippen LogP) is 1.78. The van der Waals surface area contributed by atoms with E-state index in [1.807, 2.05) is 13.8 Å². The first-order valence-electron chi connectivity index (χ1n) is 7.34. The van der Waals surface area contributed by atoms with Crippen molar-refractivity contribution in [1.82, 2.24) is 0 Å². The number of rotatable bonds is 5. The zero-order valence-corrected chi connectivity index (χ0v) is 13.6. The van der Waals surface area contributed by atoms with E-state index in [2.05, 4.69) is 4.99 Å². The first-order valence-corrected chi connectivity index (χ1v) is 7.34. The van der Waals surface area contributed by atoms with E-state index in [0.717, 1.165) is 0 Å². The van der Waals surface area contributed by atoms with Crippen molar-refractivity contribution in [2.45, 2.75) is 46.6 Å². The molecule has 21 heavy (non-hydrogen) atoms. The van der Waals surface area contributed by atoms with E-state index < -0.39 is 12.0 Å². The lowest BCUT2D eigenvalue weighted by Gasteiger charge is -2.26. The predicted molar refractivity (Wildman–Crippen MR) is 83.1 cm³/mol. The summed E-state index contributed by atoms with van der Waals surface area (Å²) in [5.41, 5.74) is 6.94. The second-order valence-electron chi connectivity index (χ2n) is 5.12. The number of carbonyl (C=O) groups is 1. The summed E-state index contributed by atoms with van der Waals surface area (Å²) in [5, 5.41) is 18.4. The second-order valence-corrected chi connectivity index (χ2v) is 5.12. The SMILES string of the molecule is CC.COC1=C(N)CC(CO)CC1=NC(C(=O)O)C(C)C. The van der Waals surface area contributed by atoms with Crippen LogP contribution in [0.3, 0.4) is 0 Å². The largest absolute Gasteiger partial charge is 0.493 e. The van der Waals surface area contributed by atoms with Crippen molar-refractivity contribution < 1.29 is 19.7 Å². The monoisotopic (exact) mass is 300 g/mol. The molecule has 122 valence electrons. The van der Waals surface area contributed by atoms with Gasteiger partial charge >= 0.3 is 5.97 Å². The molecule has 4 N–H and O–H groups in total. The highest BCUT2D eigenvalue weighted by Gasteiger charge is 2.28. The van der Waals surface area contributed by atoms with Crippen molar-refractivity contribution >= 4 is 11.7 Å². The van der Waals surface area contributed by atoms with E-state index in [-0.39, 0.29) is 18.4 Å². The summed E-state index contributed by atoms with van der Waals surface area (Å²) >= 11 is 0. The van der Waals surface area contributed by atoms with Crippen molar-refractivity contribution in [3.05, 3.63) is 11.5 Å². The number of nitrogens with two attached hydrogens (primary N) is 1. The number of aliphatic imine (C=N–C) groups is 1. The molecule has 0 bridgehead atoms. The fourth-order valence-corrected chi connectivity index (χ4v) is 2.17. The Morgan fingerprint density at radius 2 is 2.00 bits per heavy atom. The fraction of sp³-hybridized carbons (Fsp3) is 0.733. The third-order valence-corrected chi connectivity index (χ3v) is 3.19. The highest BCUT2D eigenvalue weighted by atomic mass is 16.5. The molecule has 6 nitrogen and oxygen atoms in total. The van der Waals surface area contributed by atoms with Crippen LogP contribution < -0.4 is 5.73 Å². The van der Waals surface area contributed by atoms with Crippen molar-refractivity contribution in [1.29, 1.82) is 0 Å². The first kappa shape index (κ1) is 19.4. The average molecular weight is 300 g/mol. The number of allylic oxidation sites excluding steroid dienone is 2. The number of carboxylic acids is 1. The third kappa shape index (κ3) is 5.38. The molecule has 0 heterocycles. The van der Waals surface area contributed by atoms with Crippen molar-refractivity contribution in [2.75, 3.05) is 13.7 Å². The molecule has 2 unspecified atom stereocenters. The lowest BCUT2D eigenvalue weighted by Crippen LogP contribution is -2.31. The molecule has 0 aromatic carbocycles. The van der Waals surface area contributed by atoms with Gasteiger partial charge in [0, 0.05) is 6.61 Å². The number of aliphatic hydroxyl groups is 1. The minimum absolute atomic E-state index is 0.00384. The van der Waals surface area contributed by atoms with Gasteiger partial charge in [0.2, 0.25) is 0 Å². The zero-order chi connectivity index (χ0) is 16.6. The Morgan fingerprint density at radius 1 is 1.43 bits per heavy atom. The van der Waals surface area contributed by atoms with Crippen molar-refractivity contribution in [3.8, 4) is 0 Å². The van der Waals surface area contributed by atoms with Gasteiger partial charge in [-0.2, -0.15) is 0 Å². The van der Waals surface area contributed by atoms with E-state index in [1.54, 1.807) is 13.8 Å². The lowest BCUT2D eigenvalue weighted by molar-refractivity contribution is -0.139. The summed E-state index contributed by atoms with van der Waals surface area (Å²) < 4.78 is 5.22. The molecule has 0 saturated heterocycles. The fourth-order valence-electron chi connectivity index (χ4n) is 2.17. The number of aliphatic carboxylic acids is 1. The highest BCUT2D eigenvalue weighted by Crippen LogP contribution is 2.26. The topological polar surface area (TPSA) is 105 Å². The van der Waals surface area contributed by atoms with E-state index >= 15 is 0 Å². The van der Waals surface area contributed by atoms with Crippen molar-refractivity contribution in [2.24, 2.45) is 22.6 Å². The summed E-state index contributed by atoms with van der Waals surface area (Å²) in [6, 6.07) is -0.828. The van der Waals surface area contributed by atoms with E-state index in [9.17, 15) is 15.0 Å². The average Bonchev–Trinajstić information content (AvgIpc) is 2.45. The van der Waals surface area contributed by atoms with Crippen LogP contribution in [0.4, 0.5) is 0 Å². The Kier molecular flexibility index (Phi) is 8.69. The maximum Gasteiger partial charge on any atom is 0.328 e. The molecular weight excluding hydrogens is 272 g/mol. The van der Waals surface area contributed by atoms with Crippen LogP contribution in [0.1, 0.15) is 40.5 Å². The molecule has 1 aliphatic carbocycles. The molecule has 0 spiro atoms. The van der Waals surface area contributed by atoms with Crippen LogP contribution in [0.5, 0.6) is 0 Å². The van der Waals surface area contributed by atoms with Gasteiger partial charge in [0.05, 0.1) is 18.5 Å². The van der Waals surface area contributed by atoms with Gasteiger partial charge < -0.3 is 20.7 Å². The number of hydrogen-bond donors (Lipinski definition) is 3. The maximum atomic E-state index is 11.2. The standard InChI is InChI=1S/C13H22N2O4.C2H6/c1-7(2)11(13(17)18)15-10-5-8(6-16)4-9(14)12(10)19-3;1-2/h7-8,11,16H,4-6,14H2,1-3H3,(H,17,18);1-2H3. The summed E-state index contributed by atoms with van der Waals surface area (Å²) in [6.07, 6.45) is 1.02. The van der Waals surface area contributed by atoms with Crippen LogP contribution in [0.15, 0.2) is 16.4 Å². The Morgan fingerprint density at radius 3 is 2.38 bits per heavy atom. The van der Waals surface area contributed by atoms with Gasteiger partial charge in [-0.3, -0.25) is 4.99 Å². The Bertz CT molecular complexity index is 402. The third-order valence-electron chi connectivity index (χ3n) is 3.19. The highest BCUT2D eigenvalue weighted by molar-refractivity contribution is 6.01.